The van der Waals surface area contributed by atoms with Gasteiger partial charge in [0.05, 0.1) is 0 Å². The SMILES string of the molecule is CS/C=C(\N)c1cccc(-c2ccc3ccc4c(-c5cccc(/C(N)=C/SC)c5)ccc5ccc2c3c54)c1. The first-order valence-corrected chi connectivity index (χ1v) is 15.1. The van der Waals surface area contributed by atoms with Crippen LogP contribution < -0.4 is 11.5 Å². The van der Waals surface area contributed by atoms with E-state index in [1.165, 1.54) is 54.6 Å². The van der Waals surface area contributed by atoms with Crippen LogP contribution in [-0.4, -0.2) is 12.5 Å². The normalized spacial score (nSPS) is 12.7. The summed E-state index contributed by atoms with van der Waals surface area (Å²) in [6.45, 7) is 0. The first kappa shape index (κ1) is 24.5. The van der Waals surface area contributed by atoms with E-state index in [0.29, 0.717) is 0 Å². The van der Waals surface area contributed by atoms with Gasteiger partial charge in [0.1, 0.15) is 0 Å². The highest BCUT2D eigenvalue weighted by Gasteiger charge is 2.15. The highest BCUT2D eigenvalue weighted by molar-refractivity contribution is 8.01. The fraction of sp³-hybridized carbons (Fsp3) is 0.0588. The predicted octanol–water partition coefficient (Wildman–Crippen LogP) is 9.16. The average Bonchev–Trinajstić information content (AvgIpc) is 2.96. The molecule has 0 heterocycles. The summed E-state index contributed by atoms with van der Waals surface area (Å²) >= 11 is 3.24. The zero-order chi connectivity index (χ0) is 26.2. The lowest BCUT2D eigenvalue weighted by atomic mass is 9.87. The maximum atomic E-state index is 6.33. The maximum Gasteiger partial charge on any atom is 0.0451 e. The quantitative estimate of drug-likeness (QED) is 0.212. The molecule has 38 heavy (non-hydrogen) atoms. The topological polar surface area (TPSA) is 52.0 Å². The Morgan fingerprint density at radius 2 is 0.974 bits per heavy atom. The Bertz CT molecular complexity index is 1730. The van der Waals surface area contributed by atoms with E-state index in [2.05, 4.69) is 97.1 Å². The van der Waals surface area contributed by atoms with Crippen molar-refractivity contribution in [2.45, 2.75) is 0 Å². The molecule has 2 nitrogen and oxygen atoms in total. The summed E-state index contributed by atoms with van der Waals surface area (Å²) in [5.74, 6) is 0. The van der Waals surface area contributed by atoms with Crippen LogP contribution in [0.3, 0.4) is 0 Å². The second kappa shape index (κ2) is 10.1. The third-order valence-corrected chi connectivity index (χ3v) is 8.15. The van der Waals surface area contributed by atoms with E-state index in [-0.39, 0.29) is 0 Å². The number of hydrogen-bond donors (Lipinski definition) is 2. The molecule has 0 fully saturated rings. The lowest BCUT2D eigenvalue weighted by Gasteiger charge is -2.17. The van der Waals surface area contributed by atoms with E-state index >= 15 is 0 Å². The second-order valence-corrected chi connectivity index (χ2v) is 10.8. The molecule has 6 aromatic rings. The minimum absolute atomic E-state index is 0.789. The van der Waals surface area contributed by atoms with Crippen molar-refractivity contribution in [3.05, 3.63) is 119 Å². The summed E-state index contributed by atoms with van der Waals surface area (Å²) < 4.78 is 0. The molecule has 0 radical (unpaired) electrons. The van der Waals surface area contributed by atoms with Gasteiger partial charge >= 0.3 is 0 Å². The van der Waals surface area contributed by atoms with Crippen molar-refractivity contribution in [1.82, 2.24) is 0 Å². The molecule has 4 heteroatoms. The van der Waals surface area contributed by atoms with Crippen molar-refractivity contribution in [2.75, 3.05) is 12.5 Å². The molecule has 0 aliphatic rings. The molecule has 6 aromatic carbocycles. The second-order valence-electron chi connectivity index (χ2n) is 9.43. The molecule has 0 aliphatic carbocycles. The first-order chi connectivity index (χ1) is 18.6. The van der Waals surface area contributed by atoms with E-state index in [1.807, 2.05) is 23.3 Å². The summed E-state index contributed by atoms with van der Waals surface area (Å²) in [5.41, 5.74) is 21.1. The van der Waals surface area contributed by atoms with E-state index in [0.717, 1.165) is 22.5 Å². The van der Waals surface area contributed by atoms with Gasteiger partial charge in [-0.25, -0.2) is 0 Å². The Balaban J connectivity index is 1.58. The molecule has 0 amide bonds. The van der Waals surface area contributed by atoms with Crippen LogP contribution in [0.1, 0.15) is 11.1 Å². The molecule has 0 saturated heterocycles. The van der Waals surface area contributed by atoms with Gasteiger partial charge in [-0.3, -0.25) is 0 Å². The van der Waals surface area contributed by atoms with Gasteiger partial charge < -0.3 is 11.5 Å². The molecular formula is C34H28N2S2. The summed E-state index contributed by atoms with van der Waals surface area (Å²) in [4.78, 5) is 0. The fourth-order valence-corrected chi connectivity index (χ4v) is 6.21. The fourth-order valence-electron chi connectivity index (χ4n) is 5.43. The minimum Gasteiger partial charge on any atom is -0.398 e. The van der Waals surface area contributed by atoms with Gasteiger partial charge in [-0.2, -0.15) is 0 Å². The van der Waals surface area contributed by atoms with Crippen molar-refractivity contribution in [1.29, 1.82) is 0 Å². The van der Waals surface area contributed by atoms with Crippen LogP contribution in [-0.2, 0) is 0 Å². The van der Waals surface area contributed by atoms with Crippen molar-refractivity contribution in [3.63, 3.8) is 0 Å². The highest BCUT2D eigenvalue weighted by Crippen LogP contribution is 2.42. The van der Waals surface area contributed by atoms with Crippen LogP contribution in [0, 0.1) is 0 Å². The Morgan fingerprint density at radius 1 is 0.553 bits per heavy atom. The molecule has 0 atom stereocenters. The van der Waals surface area contributed by atoms with Gasteiger partial charge in [-0.1, -0.05) is 84.9 Å². The number of hydrogen-bond acceptors (Lipinski definition) is 4. The lowest BCUT2D eigenvalue weighted by molar-refractivity contribution is 1.52. The maximum absolute atomic E-state index is 6.33. The van der Waals surface area contributed by atoms with Crippen LogP contribution in [0.5, 0.6) is 0 Å². The van der Waals surface area contributed by atoms with Crippen LogP contribution >= 0.6 is 23.5 Å². The molecule has 0 aliphatic heterocycles. The zero-order valence-corrected chi connectivity index (χ0v) is 23.0. The Hall–Kier alpha value is -3.86. The van der Waals surface area contributed by atoms with Crippen molar-refractivity contribution in [3.8, 4) is 22.3 Å². The number of benzene rings is 6. The van der Waals surface area contributed by atoms with Crippen LogP contribution in [0.2, 0.25) is 0 Å². The van der Waals surface area contributed by atoms with E-state index in [1.54, 1.807) is 23.5 Å². The molecule has 0 bridgehead atoms. The van der Waals surface area contributed by atoms with Gasteiger partial charge in [-0.15, -0.1) is 23.5 Å². The van der Waals surface area contributed by atoms with Gasteiger partial charge in [0.2, 0.25) is 0 Å². The molecule has 0 saturated carbocycles. The first-order valence-electron chi connectivity index (χ1n) is 12.5. The highest BCUT2D eigenvalue weighted by atomic mass is 32.2. The number of thioether (sulfide) groups is 2. The van der Waals surface area contributed by atoms with Crippen molar-refractivity contribution < 1.29 is 0 Å². The molecule has 4 N–H and O–H groups in total. The monoisotopic (exact) mass is 528 g/mol. The van der Waals surface area contributed by atoms with Gasteiger partial charge in [0.25, 0.3) is 0 Å². The summed E-state index contributed by atoms with van der Waals surface area (Å²) in [6, 6.07) is 35.0. The Morgan fingerprint density at radius 3 is 1.39 bits per heavy atom. The van der Waals surface area contributed by atoms with Crippen LogP contribution in [0.25, 0.3) is 66.0 Å². The molecule has 6 rings (SSSR count). The molecule has 0 aromatic heterocycles. The third kappa shape index (κ3) is 4.20. The number of nitrogens with two attached hydrogens (primary N) is 2. The van der Waals surface area contributed by atoms with E-state index < -0.39 is 0 Å². The Kier molecular flexibility index (Phi) is 6.52. The van der Waals surface area contributed by atoms with Gasteiger partial charge in [-0.05, 0) is 101 Å². The largest absolute Gasteiger partial charge is 0.398 e. The molecule has 0 unspecified atom stereocenters. The number of rotatable bonds is 6. The van der Waals surface area contributed by atoms with Crippen molar-refractivity contribution >= 4 is 67.2 Å². The van der Waals surface area contributed by atoms with Gasteiger partial charge in [0.15, 0.2) is 0 Å². The molecular weight excluding hydrogens is 501 g/mol. The van der Waals surface area contributed by atoms with E-state index in [4.69, 9.17) is 11.5 Å². The predicted molar refractivity (Wildman–Crippen MR) is 172 cm³/mol. The standard InChI is InChI=1S/C34H28N2S2/c1-37-19-31(35)25-7-3-5-23(17-25)27-13-9-21-12-16-30-28(14-10-22-11-15-29(27)33(21)34(22)30)24-6-4-8-26(18-24)32(36)20-38-2/h3-20H,35-36H2,1-2H3/b31-19-,32-20-. The smallest absolute Gasteiger partial charge is 0.0451 e. The lowest BCUT2D eigenvalue weighted by Crippen LogP contribution is -1.96. The van der Waals surface area contributed by atoms with Crippen LogP contribution in [0.15, 0.2) is 108 Å². The average molecular weight is 529 g/mol. The van der Waals surface area contributed by atoms with Crippen LogP contribution in [0.4, 0.5) is 0 Å². The van der Waals surface area contributed by atoms with Crippen molar-refractivity contribution in [2.24, 2.45) is 11.5 Å². The zero-order valence-electron chi connectivity index (χ0n) is 21.4. The third-order valence-electron chi connectivity index (χ3n) is 7.17. The Labute approximate surface area is 231 Å². The summed E-state index contributed by atoms with van der Waals surface area (Å²) in [7, 11) is 0. The summed E-state index contributed by atoms with van der Waals surface area (Å²) in [6.07, 6.45) is 4.05. The van der Waals surface area contributed by atoms with Gasteiger partial charge in [0, 0.05) is 11.4 Å². The van der Waals surface area contributed by atoms with E-state index in [9.17, 15) is 0 Å². The summed E-state index contributed by atoms with van der Waals surface area (Å²) in [5, 5.41) is 11.6. The minimum atomic E-state index is 0.789. The molecule has 186 valence electrons. The molecule has 0 spiro atoms.